The van der Waals surface area contributed by atoms with Crippen LogP contribution in [-0.4, -0.2) is 40.1 Å². The monoisotopic (exact) mass is 507 g/mol. The van der Waals surface area contributed by atoms with Gasteiger partial charge in [-0.15, -0.1) is 6.58 Å². The van der Waals surface area contributed by atoms with Crippen LogP contribution in [0.1, 0.15) is 52.1 Å². The maximum absolute atomic E-state index is 13.2. The highest BCUT2D eigenvalue weighted by atomic mass is 35.5. The summed E-state index contributed by atoms with van der Waals surface area (Å²) in [5.41, 5.74) is 1.07. The minimum atomic E-state index is -0.426. The second kappa shape index (κ2) is 13.4. The normalized spacial score (nSPS) is 19.5. The first-order valence-electron chi connectivity index (χ1n) is 11.3. The van der Waals surface area contributed by atoms with E-state index in [1.54, 1.807) is 6.08 Å². The van der Waals surface area contributed by atoms with Crippen molar-refractivity contribution in [3.05, 3.63) is 82.9 Å². The highest BCUT2D eigenvalue weighted by Crippen LogP contribution is 2.34. The van der Waals surface area contributed by atoms with Crippen LogP contribution in [0.3, 0.4) is 0 Å². The van der Waals surface area contributed by atoms with Gasteiger partial charge in [0.15, 0.2) is 0 Å². The second-order valence-electron chi connectivity index (χ2n) is 8.94. The van der Waals surface area contributed by atoms with Gasteiger partial charge in [0.2, 0.25) is 0 Å². The van der Waals surface area contributed by atoms with E-state index in [0.717, 1.165) is 22.8 Å². The molecule has 2 aromatic carbocycles. The van der Waals surface area contributed by atoms with E-state index in [4.69, 9.17) is 27.9 Å². The smallest absolute Gasteiger partial charge is 0.252 e. The molecule has 3 atom stereocenters. The van der Waals surface area contributed by atoms with Crippen molar-refractivity contribution in [3.63, 3.8) is 0 Å². The zero-order valence-electron chi connectivity index (χ0n) is 20.0. The van der Waals surface area contributed by atoms with Gasteiger partial charge in [0.05, 0.1) is 12.6 Å². The molecule has 1 aliphatic rings. The van der Waals surface area contributed by atoms with E-state index >= 15 is 0 Å². The predicted molar refractivity (Wildman–Crippen MR) is 143 cm³/mol. The summed E-state index contributed by atoms with van der Waals surface area (Å²) in [6.07, 6.45) is 2.80. The molecule has 180 valence electrons. The number of halogens is 2. The molecule has 33 heavy (non-hydrogen) atoms. The number of rotatable bonds is 7. The van der Waals surface area contributed by atoms with E-state index in [2.05, 4.69) is 39.2 Å². The van der Waals surface area contributed by atoms with Crippen LogP contribution < -0.4 is 0 Å². The minimum Gasteiger partial charge on any atom is -0.366 e. The lowest BCUT2D eigenvalue weighted by atomic mass is 9.99. The number of nitrogens with zero attached hydrogens (tertiary/aromatic N) is 1. The van der Waals surface area contributed by atoms with Crippen LogP contribution in [0.4, 0.5) is 0 Å². The lowest BCUT2D eigenvalue weighted by Crippen LogP contribution is -2.54. The van der Waals surface area contributed by atoms with Crippen molar-refractivity contribution in [2.75, 3.05) is 12.4 Å². The van der Waals surface area contributed by atoms with Crippen LogP contribution in [0.25, 0.3) is 0 Å². The molecule has 2 aromatic rings. The molecule has 1 amide bonds. The Morgan fingerprint density at radius 2 is 1.73 bits per heavy atom. The third kappa shape index (κ3) is 9.01. The highest BCUT2D eigenvalue weighted by molar-refractivity contribution is 8.00. The van der Waals surface area contributed by atoms with Crippen LogP contribution in [0, 0.1) is 0 Å². The van der Waals surface area contributed by atoms with Gasteiger partial charge in [-0.3, -0.25) is 4.79 Å². The quantitative estimate of drug-likeness (QED) is 0.357. The predicted octanol–water partition coefficient (Wildman–Crippen LogP) is 7.83. The second-order valence-corrected chi connectivity index (χ2v) is 11.7. The zero-order chi connectivity index (χ0) is 24.4. The van der Waals surface area contributed by atoms with Crippen molar-refractivity contribution in [2.24, 2.45) is 0 Å². The Morgan fingerprint density at radius 3 is 2.21 bits per heavy atom. The number of thioether (sulfide) groups is 1. The summed E-state index contributed by atoms with van der Waals surface area (Å²) >= 11 is 13.5. The summed E-state index contributed by atoms with van der Waals surface area (Å²) in [7, 11) is 0. The first-order valence-corrected chi connectivity index (χ1v) is 13.0. The van der Waals surface area contributed by atoms with Crippen LogP contribution in [-0.2, 0) is 9.53 Å². The maximum Gasteiger partial charge on any atom is 0.252 e. The van der Waals surface area contributed by atoms with E-state index in [9.17, 15) is 4.79 Å². The zero-order valence-corrected chi connectivity index (χ0v) is 22.3. The summed E-state index contributed by atoms with van der Waals surface area (Å²) in [5, 5.41) is 1.49. The van der Waals surface area contributed by atoms with Gasteiger partial charge in [-0.2, -0.15) is 11.8 Å². The van der Waals surface area contributed by atoms with Crippen molar-refractivity contribution in [3.8, 4) is 0 Å². The summed E-state index contributed by atoms with van der Waals surface area (Å²) in [6.45, 7) is 13.1. The third-order valence-corrected chi connectivity index (χ3v) is 7.18. The van der Waals surface area contributed by atoms with E-state index in [0.29, 0.717) is 18.1 Å². The minimum absolute atomic E-state index is 0.0671. The molecule has 1 heterocycles. The molecule has 0 aromatic heterocycles. The fraction of sp³-hybridized carbons (Fsp3) is 0.444. The number of morpholine rings is 1. The van der Waals surface area contributed by atoms with Crippen molar-refractivity contribution >= 4 is 40.9 Å². The number of hydrogen-bond donors (Lipinski definition) is 0. The van der Waals surface area contributed by atoms with Gasteiger partial charge in [-0.25, -0.2) is 0 Å². The standard InChI is InChI=1S/C21H30ClNO2S.C6H5Cl/c1-6-8-19-20(24)23(17(7-2)14-26-21(3,4)5)18(13-25-19)15-9-11-16(22)12-10-15;7-6-4-2-1-3-5-6/h6,9-12,17-19H,1,7-8,13-14H2,2-5H3;1-5H/t17-,18-,19?;/m0./s1. The molecule has 6 heteroatoms. The first-order chi connectivity index (χ1) is 15.7. The molecule has 0 N–H and O–H groups in total. The Hall–Kier alpha value is -1.46. The van der Waals surface area contributed by atoms with E-state index in [1.807, 2.05) is 66.4 Å². The van der Waals surface area contributed by atoms with Gasteiger partial charge < -0.3 is 9.64 Å². The molecule has 0 spiro atoms. The average molecular weight is 509 g/mol. The van der Waals surface area contributed by atoms with E-state index < -0.39 is 6.10 Å². The van der Waals surface area contributed by atoms with Crippen molar-refractivity contribution in [2.45, 2.75) is 63.5 Å². The largest absolute Gasteiger partial charge is 0.366 e. The molecule has 0 aliphatic carbocycles. The lowest BCUT2D eigenvalue weighted by molar-refractivity contribution is -0.163. The maximum atomic E-state index is 13.2. The van der Waals surface area contributed by atoms with Crippen LogP contribution in [0.15, 0.2) is 67.3 Å². The first kappa shape index (κ1) is 27.8. The van der Waals surface area contributed by atoms with Crippen molar-refractivity contribution < 1.29 is 9.53 Å². The summed E-state index contributed by atoms with van der Waals surface area (Å²) in [5.74, 6) is 0.980. The van der Waals surface area contributed by atoms with E-state index in [-0.39, 0.29) is 22.7 Å². The Morgan fingerprint density at radius 1 is 1.12 bits per heavy atom. The third-order valence-electron chi connectivity index (χ3n) is 5.26. The summed E-state index contributed by atoms with van der Waals surface area (Å²) in [4.78, 5) is 15.3. The molecule has 1 unspecified atom stereocenters. The highest BCUT2D eigenvalue weighted by Gasteiger charge is 2.40. The number of amides is 1. The fourth-order valence-corrected chi connectivity index (χ4v) is 4.89. The number of hydrogen-bond acceptors (Lipinski definition) is 3. The van der Waals surface area contributed by atoms with Gasteiger partial charge in [0.1, 0.15) is 6.10 Å². The van der Waals surface area contributed by atoms with Crippen LogP contribution in [0.5, 0.6) is 0 Å². The molecule has 3 rings (SSSR count). The van der Waals surface area contributed by atoms with Gasteiger partial charge in [0, 0.05) is 33.0 Å². The SMILES string of the molecule is C=CCC1OC[C@@H](c2ccc(Cl)cc2)N([C@@H](CC)CSC(C)(C)C)C1=O.Clc1ccccc1. The Labute approximate surface area is 213 Å². The van der Waals surface area contributed by atoms with Crippen molar-refractivity contribution in [1.82, 2.24) is 4.90 Å². The Kier molecular flexibility index (Phi) is 11.3. The Bertz CT molecular complexity index is 868. The van der Waals surface area contributed by atoms with Gasteiger partial charge in [0.25, 0.3) is 5.91 Å². The van der Waals surface area contributed by atoms with E-state index in [1.165, 1.54) is 0 Å². The van der Waals surface area contributed by atoms with Gasteiger partial charge in [-0.1, -0.05) is 87.3 Å². The van der Waals surface area contributed by atoms with Crippen LogP contribution >= 0.6 is 35.0 Å². The molecule has 1 saturated heterocycles. The molecule has 0 radical (unpaired) electrons. The number of ether oxygens (including phenoxy) is 1. The number of carbonyl (C=O) groups excluding carboxylic acids is 1. The number of carbonyl (C=O) groups is 1. The fourth-order valence-electron chi connectivity index (χ4n) is 3.53. The van der Waals surface area contributed by atoms with Gasteiger partial charge in [-0.05, 0) is 36.2 Å². The molecule has 0 saturated carbocycles. The summed E-state index contributed by atoms with van der Waals surface area (Å²) in [6, 6.07) is 17.3. The number of benzene rings is 2. The molecular formula is C27H35Cl2NO2S. The molecule has 1 fully saturated rings. The van der Waals surface area contributed by atoms with Gasteiger partial charge >= 0.3 is 0 Å². The topological polar surface area (TPSA) is 29.5 Å². The lowest BCUT2D eigenvalue weighted by Gasteiger charge is -2.44. The molecule has 0 bridgehead atoms. The van der Waals surface area contributed by atoms with Crippen LogP contribution in [0.2, 0.25) is 10.0 Å². The molecule has 1 aliphatic heterocycles. The summed E-state index contributed by atoms with van der Waals surface area (Å²) < 4.78 is 6.06. The average Bonchev–Trinajstić information content (AvgIpc) is 2.77. The Balaban J connectivity index is 0.000000468. The molecule has 3 nitrogen and oxygen atoms in total. The molecular weight excluding hydrogens is 473 g/mol. The van der Waals surface area contributed by atoms with Crippen molar-refractivity contribution in [1.29, 1.82) is 0 Å².